The number of phenols is 1. The molecule has 4 atom stereocenters. The number of fused-ring (bicyclic) bond motifs is 5. The third-order valence-corrected chi connectivity index (χ3v) is 7.47. The average molecular weight is 312 g/mol. The van der Waals surface area contributed by atoms with Crippen LogP contribution in [0, 0.1) is 17.3 Å². The predicted molar refractivity (Wildman–Crippen MR) is 96.0 cm³/mol. The molecule has 1 aromatic rings. The molecule has 0 bridgehead atoms. The van der Waals surface area contributed by atoms with Crippen molar-refractivity contribution in [2.75, 3.05) is 0 Å². The molecule has 3 aliphatic rings. The first-order valence-electron chi connectivity index (χ1n) is 9.97. The molecule has 0 heterocycles. The van der Waals surface area contributed by atoms with Gasteiger partial charge >= 0.3 is 0 Å². The fraction of sp³-hybridized carbons (Fsp3) is 0.727. The lowest BCUT2D eigenvalue weighted by molar-refractivity contribution is 0.0594. The summed E-state index contributed by atoms with van der Waals surface area (Å²) in [4.78, 5) is 0. The van der Waals surface area contributed by atoms with Gasteiger partial charge in [0.05, 0.1) is 0 Å². The number of benzene rings is 1. The Kier molecular flexibility index (Phi) is 3.94. The normalized spacial score (nSPS) is 35.5. The molecule has 2 fully saturated rings. The highest BCUT2D eigenvalue weighted by molar-refractivity contribution is 5.46. The van der Waals surface area contributed by atoms with Crippen molar-refractivity contribution in [3.8, 4) is 5.75 Å². The van der Waals surface area contributed by atoms with Gasteiger partial charge in [-0.3, -0.25) is 0 Å². The minimum absolute atomic E-state index is 0.495. The van der Waals surface area contributed by atoms with Crippen molar-refractivity contribution in [3.05, 3.63) is 28.8 Å². The third kappa shape index (κ3) is 2.51. The van der Waals surface area contributed by atoms with Gasteiger partial charge in [0.2, 0.25) is 0 Å². The maximum atomic E-state index is 10.2. The zero-order chi connectivity index (χ0) is 16.0. The van der Waals surface area contributed by atoms with Crippen LogP contribution in [0.5, 0.6) is 5.75 Å². The van der Waals surface area contributed by atoms with Crippen LogP contribution >= 0.6 is 0 Å². The molecular formula is C22H32O. The van der Waals surface area contributed by atoms with Crippen LogP contribution in [0.4, 0.5) is 0 Å². The summed E-state index contributed by atoms with van der Waals surface area (Å²) in [6, 6.07) is 4.16. The van der Waals surface area contributed by atoms with Crippen molar-refractivity contribution in [1.29, 1.82) is 0 Å². The van der Waals surface area contributed by atoms with E-state index in [-0.39, 0.29) is 0 Å². The molecule has 0 unspecified atom stereocenters. The lowest BCUT2D eigenvalue weighted by atomic mass is 9.55. The van der Waals surface area contributed by atoms with Crippen molar-refractivity contribution in [3.63, 3.8) is 0 Å². The zero-order valence-electron chi connectivity index (χ0n) is 14.9. The first kappa shape index (κ1) is 15.5. The summed E-state index contributed by atoms with van der Waals surface area (Å²) in [6.45, 7) is 4.84. The van der Waals surface area contributed by atoms with Crippen LogP contribution in [0.15, 0.2) is 12.1 Å². The quantitative estimate of drug-likeness (QED) is 0.727. The van der Waals surface area contributed by atoms with Gasteiger partial charge in [0.15, 0.2) is 0 Å². The van der Waals surface area contributed by atoms with Crippen LogP contribution in [0.1, 0.15) is 87.8 Å². The summed E-state index contributed by atoms with van der Waals surface area (Å²) in [6.07, 6.45) is 13.4. The van der Waals surface area contributed by atoms with E-state index in [4.69, 9.17) is 0 Å². The number of hydrogen-bond acceptors (Lipinski definition) is 1. The molecule has 0 aliphatic heterocycles. The van der Waals surface area contributed by atoms with E-state index in [2.05, 4.69) is 26.0 Å². The van der Waals surface area contributed by atoms with E-state index in [1.165, 1.54) is 68.9 Å². The SMILES string of the molecule is CCCCc1cc(O)cc2c1[C@H]1CC[C@]3(C)CCC[C@H]3[C@@H]1CC2. The molecular weight excluding hydrogens is 280 g/mol. The molecule has 3 aliphatic carbocycles. The van der Waals surface area contributed by atoms with E-state index in [1.54, 1.807) is 5.56 Å². The second kappa shape index (κ2) is 5.83. The predicted octanol–water partition coefficient (Wildman–Crippen LogP) is 5.98. The Morgan fingerprint density at radius 3 is 2.87 bits per heavy atom. The molecule has 2 saturated carbocycles. The van der Waals surface area contributed by atoms with Crippen LogP contribution in [0.3, 0.4) is 0 Å². The fourth-order valence-electron chi connectivity index (χ4n) is 6.38. The molecule has 0 aromatic heterocycles. The van der Waals surface area contributed by atoms with Crippen LogP contribution in [-0.4, -0.2) is 5.11 Å². The minimum atomic E-state index is 0.495. The molecule has 0 saturated heterocycles. The Hall–Kier alpha value is -0.980. The largest absolute Gasteiger partial charge is 0.508 e. The number of aromatic hydroxyl groups is 1. The van der Waals surface area contributed by atoms with Gasteiger partial charge in [-0.15, -0.1) is 0 Å². The van der Waals surface area contributed by atoms with Gasteiger partial charge in [0.25, 0.3) is 0 Å². The van der Waals surface area contributed by atoms with Gasteiger partial charge in [-0.2, -0.15) is 0 Å². The highest BCUT2D eigenvalue weighted by atomic mass is 16.3. The molecule has 0 radical (unpaired) electrons. The van der Waals surface area contributed by atoms with E-state index >= 15 is 0 Å². The molecule has 23 heavy (non-hydrogen) atoms. The van der Waals surface area contributed by atoms with E-state index in [0.717, 1.165) is 24.2 Å². The standard InChI is InChI=1S/C22H32O/c1-3-4-6-15-13-17(23)14-16-8-9-18-19(21(15)16)10-12-22(2)11-5-7-20(18)22/h13-14,18-20,23H,3-12H2,1-2H3/t18-,19+,20+,22+/m1/s1. The van der Waals surface area contributed by atoms with E-state index in [9.17, 15) is 5.11 Å². The minimum Gasteiger partial charge on any atom is -0.508 e. The van der Waals surface area contributed by atoms with Crippen molar-refractivity contribution in [2.24, 2.45) is 17.3 Å². The Bertz CT molecular complexity index is 590. The monoisotopic (exact) mass is 312 g/mol. The Morgan fingerprint density at radius 2 is 2.04 bits per heavy atom. The maximum absolute atomic E-state index is 10.2. The number of rotatable bonds is 3. The summed E-state index contributed by atoms with van der Waals surface area (Å²) in [5.74, 6) is 3.15. The van der Waals surface area contributed by atoms with Crippen LogP contribution in [0.2, 0.25) is 0 Å². The van der Waals surface area contributed by atoms with Gasteiger partial charge in [-0.1, -0.05) is 26.7 Å². The van der Waals surface area contributed by atoms with Crippen LogP contribution in [-0.2, 0) is 12.8 Å². The number of aryl methyl sites for hydroxylation is 2. The Balaban J connectivity index is 1.72. The molecule has 4 rings (SSSR count). The molecule has 0 spiro atoms. The zero-order valence-corrected chi connectivity index (χ0v) is 14.9. The van der Waals surface area contributed by atoms with Gasteiger partial charge < -0.3 is 5.11 Å². The molecule has 1 aromatic carbocycles. The molecule has 126 valence electrons. The van der Waals surface area contributed by atoms with E-state index in [1.807, 2.05) is 0 Å². The Morgan fingerprint density at radius 1 is 1.17 bits per heavy atom. The molecule has 1 N–H and O–H groups in total. The third-order valence-electron chi connectivity index (χ3n) is 7.47. The fourth-order valence-corrected chi connectivity index (χ4v) is 6.38. The van der Waals surface area contributed by atoms with Crippen molar-refractivity contribution >= 4 is 0 Å². The van der Waals surface area contributed by atoms with Gasteiger partial charge in [-0.25, -0.2) is 0 Å². The molecule has 1 heteroatoms. The summed E-state index contributed by atoms with van der Waals surface area (Å²) < 4.78 is 0. The van der Waals surface area contributed by atoms with Crippen molar-refractivity contribution in [1.82, 2.24) is 0 Å². The lowest BCUT2D eigenvalue weighted by Gasteiger charge is -2.49. The average Bonchev–Trinajstić information content (AvgIpc) is 2.93. The maximum Gasteiger partial charge on any atom is 0.116 e. The van der Waals surface area contributed by atoms with Crippen molar-refractivity contribution in [2.45, 2.75) is 84.0 Å². The first-order chi connectivity index (χ1) is 11.1. The highest BCUT2D eigenvalue weighted by Gasteiger charge is 2.50. The smallest absolute Gasteiger partial charge is 0.116 e. The number of hydrogen-bond donors (Lipinski definition) is 1. The number of phenolic OH excluding ortho intramolecular Hbond substituents is 1. The number of unbranched alkanes of at least 4 members (excludes halogenated alkanes) is 1. The molecule has 1 nitrogen and oxygen atoms in total. The topological polar surface area (TPSA) is 20.2 Å². The van der Waals surface area contributed by atoms with Crippen molar-refractivity contribution < 1.29 is 5.11 Å². The summed E-state index contributed by atoms with van der Waals surface area (Å²) in [5.41, 5.74) is 5.25. The summed E-state index contributed by atoms with van der Waals surface area (Å²) in [5, 5.41) is 10.2. The second-order valence-electron chi connectivity index (χ2n) is 8.78. The van der Waals surface area contributed by atoms with Gasteiger partial charge in [-0.05, 0) is 103 Å². The van der Waals surface area contributed by atoms with E-state index in [0.29, 0.717) is 11.2 Å². The first-order valence-corrected chi connectivity index (χ1v) is 9.97. The molecule has 0 amide bonds. The Labute approximate surface area is 141 Å². The summed E-state index contributed by atoms with van der Waals surface area (Å²) in [7, 11) is 0. The van der Waals surface area contributed by atoms with Gasteiger partial charge in [0.1, 0.15) is 5.75 Å². The summed E-state index contributed by atoms with van der Waals surface area (Å²) >= 11 is 0. The second-order valence-corrected chi connectivity index (χ2v) is 8.78. The van der Waals surface area contributed by atoms with Gasteiger partial charge in [0, 0.05) is 0 Å². The highest BCUT2D eigenvalue weighted by Crippen LogP contribution is 2.61. The van der Waals surface area contributed by atoms with E-state index < -0.39 is 0 Å². The van der Waals surface area contributed by atoms with Crippen LogP contribution in [0.25, 0.3) is 0 Å². The van der Waals surface area contributed by atoms with Crippen LogP contribution < -0.4 is 0 Å². The lowest BCUT2D eigenvalue weighted by Crippen LogP contribution is -2.40.